The van der Waals surface area contributed by atoms with Crippen LogP contribution >= 0.6 is 0 Å². The summed E-state index contributed by atoms with van der Waals surface area (Å²) in [5.74, 6) is -7.54. The van der Waals surface area contributed by atoms with E-state index in [4.69, 9.17) is 48.1 Å². The Kier molecular flexibility index (Phi) is 18.8. The molecule has 0 aromatic rings. The van der Waals surface area contributed by atoms with Gasteiger partial charge >= 0.3 is 41.8 Å². The number of ketones is 1. The van der Waals surface area contributed by atoms with Crippen molar-refractivity contribution in [2.24, 2.45) is 60.3 Å². The van der Waals surface area contributed by atoms with Crippen molar-refractivity contribution >= 4 is 70.6 Å². The largest absolute Gasteiger partial charge is 0.469 e. The number of ether oxygens (including phenoxy) is 7. The third kappa shape index (κ3) is 11.4. The molecule has 0 saturated carbocycles. The van der Waals surface area contributed by atoms with Crippen LogP contribution in [0.15, 0.2) is 38.0 Å². The smallest absolute Gasteiger partial charge is 0.306 e. The third-order valence-electron chi connectivity index (χ3n) is 16.4. The third-order valence-corrected chi connectivity index (χ3v) is 16.4. The number of esters is 7. The lowest BCUT2D eigenvalue weighted by atomic mass is 10.0. The lowest BCUT2D eigenvalue weighted by Gasteiger charge is -2.48. The fourth-order valence-electron chi connectivity index (χ4n) is 11.6. The van der Waals surface area contributed by atoms with E-state index in [0.29, 0.717) is 28.4 Å². The summed E-state index contributed by atoms with van der Waals surface area (Å²) in [6.07, 6.45) is 1.18. The van der Waals surface area contributed by atoms with E-state index >= 15 is 0 Å². The molecule has 0 spiro atoms. The Hall–Kier alpha value is -6.08. The second kappa shape index (κ2) is 23.2. The van der Waals surface area contributed by atoms with Gasteiger partial charge in [-0.25, -0.2) is 0 Å². The van der Waals surface area contributed by atoms with Gasteiger partial charge < -0.3 is 38.5 Å². The van der Waals surface area contributed by atoms with Crippen molar-refractivity contribution in [2.45, 2.75) is 138 Å². The molecule has 4 aliphatic rings. The molecule has 0 unspecified atom stereocenters. The Labute approximate surface area is 421 Å². The van der Waals surface area contributed by atoms with E-state index in [2.05, 4.69) is 5.32 Å². The predicted molar refractivity (Wildman–Crippen MR) is 261 cm³/mol. The molecule has 9 atom stereocenters. The number of allylic oxidation sites excluding steroid dienone is 4. The van der Waals surface area contributed by atoms with Crippen molar-refractivity contribution in [2.75, 3.05) is 49.8 Å². The van der Waals surface area contributed by atoms with E-state index in [1.807, 2.05) is 27.7 Å². The van der Waals surface area contributed by atoms with Gasteiger partial charge in [-0.05, 0) is 58.1 Å². The number of hydrogen-bond acceptors (Lipinski definition) is 19. The Morgan fingerprint density at radius 2 is 1.14 bits per heavy atom. The second-order valence-corrected chi connectivity index (χ2v) is 20.6. The summed E-state index contributed by atoms with van der Waals surface area (Å²) in [6.45, 7) is 14.2. The summed E-state index contributed by atoms with van der Waals surface area (Å²) in [4.78, 5) is 135. The topological polar surface area (TPSA) is 267 Å². The monoisotopic (exact) mass is 1030 g/mol. The molecule has 72 heavy (non-hydrogen) atoms. The SMILES string of the molecule is COC(=O)CC[14C@@H]1/C(=C(\C)C2=N[14C@@H]([14C@]3(C)N=C(C(C)=O)[14C@@H](CCC(=O)OC)[C@]3(C)CC(=O)OC)[C@H](CC(=O)OC)[14C@@]2(C)CCC(=O)OC)N=[14C](/C=C2\N[14C](=O)[C@@](C)(CC(=O)OC)[14C@@H]2CCC(=O)OC)C1(C)C. The normalized spacial score (nSPS) is 30.6. The molecule has 0 aromatic carbocycles. The van der Waals surface area contributed by atoms with Crippen LogP contribution < -0.4 is 5.32 Å². The average Bonchev–Trinajstić information content (AvgIpc) is 3.94. The molecule has 4 aliphatic heterocycles. The number of aliphatic imine (C=N–C) groups is 3. The molecular formula is C52H74N4O16. The first-order valence-electron chi connectivity index (χ1n) is 24.1. The standard InChI is InChI=1S/C52H74N4O16/c1-28(43-31(17-20-37(59)67-10)48(3,4)35(54-43)25-34-30(16-19-36(58)66-9)50(6,47(65)53-34)26-41(63)71-14)45-49(5,23-22-39(61)69-12)33(24-40(62)70-13)46(55-45)52(8)51(7,27-42(64)72-15)32(18-21-38(60)68-11)44(56-52)29(2)57/h25,30-33,46H,16-24,26-27H2,1-15H3,(H,53,65)/b34-25-,43-28-/t30-,31-,32-,33+,46-,49-,50+,51+,52+/m1/s1/i30+2,31+2,32+2,35+2,46+2,47+2,49+2,52+2. The minimum Gasteiger partial charge on any atom is -0.469 e. The first kappa shape index (κ1) is 58.5. The summed E-state index contributed by atoms with van der Waals surface area (Å²) >= 11 is 0. The number of methoxy groups -OCH3 is 7. The van der Waals surface area contributed by atoms with Crippen molar-refractivity contribution in [3.05, 3.63) is 23.0 Å². The van der Waals surface area contributed by atoms with Crippen LogP contribution in [0.2, 0.25) is 0 Å². The maximum absolute atomic E-state index is 13.9. The van der Waals surface area contributed by atoms with E-state index in [9.17, 15) is 43.2 Å². The molecule has 4 rings (SSSR count). The molecule has 0 aromatic heterocycles. The second-order valence-electron chi connectivity index (χ2n) is 20.6. The van der Waals surface area contributed by atoms with Crippen molar-refractivity contribution in [3.8, 4) is 0 Å². The molecule has 20 nitrogen and oxygen atoms in total. The lowest BCUT2D eigenvalue weighted by molar-refractivity contribution is -0.147. The summed E-state index contributed by atoms with van der Waals surface area (Å²) in [6, 6.07) is -0.998. The van der Waals surface area contributed by atoms with Crippen LogP contribution in [0.4, 0.5) is 0 Å². The minimum atomic E-state index is -1.46. The molecule has 0 aliphatic carbocycles. The highest BCUT2D eigenvalue weighted by molar-refractivity contribution is 6.40. The van der Waals surface area contributed by atoms with Gasteiger partial charge in [-0.15, -0.1) is 0 Å². The maximum Gasteiger partial charge on any atom is 0.306 e. The van der Waals surface area contributed by atoms with Crippen molar-refractivity contribution in [3.63, 3.8) is 0 Å². The molecule has 1 saturated heterocycles. The van der Waals surface area contributed by atoms with Gasteiger partial charge in [-0.1, -0.05) is 27.7 Å². The Morgan fingerprint density at radius 1 is 0.667 bits per heavy atom. The van der Waals surface area contributed by atoms with Crippen LogP contribution in [-0.4, -0.2) is 132 Å². The van der Waals surface area contributed by atoms with Gasteiger partial charge in [0.25, 0.3) is 0 Å². The zero-order valence-electron chi connectivity index (χ0n) is 44.6. The van der Waals surface area contributed by atoms with Gasteiger partial charge in [0.1, 0.15) is 0 Å². The van der Waals surface area contributed by atoms with Crippen molar-refractivity contribution in [1.82, 2.24) is 5.32 Å². The van der Waals surface area contributed by atoms with E-state index in [0.717, 1.165) is 0 Å². The molecule has 0 radical (unpaired) electrons. The quantitative estimate of drug-likeness (QED) is 0.106. The Morgan fingerprint density at radius 3 is 1.64 bits per heavy atom. The number of amides is 1. The molecule has 1 fully saturated rings. The van der Waals surface area contributed by atoms with Crippen LogP contribution in [0.5, 0.6) is 0 Å². The number of carbonyl (C=O) groups excluding carboxylic acids is 9. The number of Topliss-reactive ketones (excluding diaryl/α,β-unsaturated/α-hetero) is 1. The van der Waals surface area contributed by atoms with Crippen molar-refractivity contribution < 1.29 is 76.3 Å². The summed E-state index contributed by atoms with van der Waals surface area (Å²) in [7, 11) is 8.79. The summed E-state index contributed by atoms with van der Waals surface area (Å²) in [5, 5.41) is 2.96. The molecule has 398 valence electrons. The molecular weight excluding hydrogens is 953 g/mol. The van der Waals surface area contributed by atoms with Crippen LogP contribution in [0.1, 0.15) is 126 Å². The molecule has 1 amide bonds. The predicted octanol–water partition coefficient (Wildman–Crippen LogP) is 5.37. The van der Waals surface area contributed by atoms with E-state index in [1.54, 1.807) is 26.8 Å². The highest BCUT2D eigenvalue weighted by Crippen LogP contribution is 2.61. The van der Waals surface area contributed by atoms with E-state index in [1.165, 1.54) is 56.7 Å². The number of carbonyl (C=O) groups is 9. The lowest BCUT2D eigenvalue weighted by Crippen LogP contribution is -2.55. The average molecular weight is 1030 g/mol. The van der Waals surface area contributed by atoms with Gasteiger partial charge in [-0.2, -0.15) is 0 Å². The molecule has 4 heterocycles. The molecule has 20 heteroatoms. The fraction of sp³-hybridized carbons (Fsp3) is 0.692. The summed E-state index contributed by atoms with van der Waals surface area (Å²) in [5.41, 5.74) is -3.61. The molecule has 0 bridgehead atoms. The molecule has 1 N–H and O–H groups in total. The van der Waals surface area contributed by atoms with Crippen molar-refractivity contribution in [1.29, 1.82) is 0 Å². The highest BCUT2D eigenvalue weighted by atomic mass is 16.5. The Balaban J connectivity index is 2.14. The first-order chi connectivity index (χ1) is 33.6. The van der Waals surface area contributed by atoms with E-state index < -0.39 is 110 Å². The van der Waals surface area contributed by atoms with Gasteiger partial charge in [0.2, 0.25) is 5.91 Å². The zero-order valence-corrected chi connectivity index (χ0v) is 44.6. The van der Waals surface area contributed by atoms with E-state index in [-0.39, 0.29) is 76.3 Å². The van der Waals surface area contributed by atoms with Crippen LogP contribution in [0.25, 0.3) is 0 Å². The Bertz CT molecular complexity index is 2360. The van der Waals surface area contributed by atoms with Crippen LogP contribution in [0.3, 0.4) is 0 Å². The van der Waals surface area contributed by atoms with Crippen LogP contribution in [-0.2, 0) is 76.3 Å². The number of nitrogens with one attached hydrogen (secondary N) is 1. The van der Waals surface area contributed by atoms with Gasteiger partial charge in [0, 0.05) is 95.3 Å². The number of nitrogens with zero attached hydrogens (tertiary/aromatic N) is 3. The summed E-state index contributed by atoms with van der Waals surface area (Å²) < 4.78 is 35.6. The maximum atomic E-state index is 13.9. The van der Waals surface area contributed by atoms with Gasteiger partial charge in [-0.3, -0.25) is 58.1 Å². The number of hydrogen-bond donors (Lipinski definition) is 1. The number of rotatable bonds is 22. The first-order valence-corrected chi connectivity index (χ1v) is 24.1. The highest BCUT2D eigenvalue weighted by Gasteiger charge is 2.66. The van der Waals surface area contributed by atoms with Crippen LogP contribution in [0, 0.1) is 45.3 Å². The zero-order chi connectivity index (χ0) is 54.3. The van der Waals surface area contributed by atoms with Gasteiger partial charge in [0.15, 0.2) is 5.78 Å². The minimum absolute atomic E-state index is 0.0183. The van der Waals surface area contributed by atoms with Gasteiger partial charge in [0.05, 0.1) is 91.7 Å². The fourth-order valence-corrected chi connectivity index (χ4v) is 11.6.